The Labute approximate surface area is 176 Å². The summed E-state index contributed by atoms with van der Waals surface area (Å²) in [6.07, 6.45) is 0.0710. The van der Waals surface area contributed by atoms with Crippen LogP contribution in [0.4, 0.5) is 0 Å². The SMILES string of the molecule is C=C(CCCS(=O)(=O)O)C(=O)[O-].C=C(CCCS(=O)(=O)O)C(=O)[O-].[Ca+2]. The van der Waals surface area contributed by atoms with Crippen LogP contribution in [0.5, 0.6) is 0 Å². The second-order valence-electron chi connectivity index (χ2n) is 4.56. The maximum Gasteiger partial charge on any atom is 2.00 e. The van der Waals surface area contributed by atoms with Gasteiger partial charge in [-0.3, -0.25) is 9.11 Å². The summed E-state index contributed by atoms with van der Waals surface area (Å²) in [5, 5.41) is 20.1. The Hall–Kier alpha value is -0.500. The van der Waals surface area contributed by atoms with Gasteiger partial charge in [0.1, 0.15) is 0 Å². The van der Waals surface area contributed by atoms with Crippen LogP contribution in [-0.2, 0) is 29.8 Å². The Morgan fingerprint density at radius 2 is 1.00 bits per heavy atom. The Kier molecular flexibility index (Phi) is 16.0. The van der Waals surface area contributed by atoms with E-state index in [1.165, 1.54) is 0 Å². The van der Waals surface area contributed by atoms with Crippen LogP contribution in [0.25, 0.3) is 0 Å². The number of hydrogen-bond donors (Lipinski definition) is 2. The maximum absolute atomic E-state index is 10.1. The van der Waals surface area contributed by atoms with Crippen LogP contribution in [0.1, 0.15) is 25.7 Å². The summed E-state index contributed by atoms with van der Waals surface area (Å²) < 4.78 is 57.1. The van der Waals surface area contributed by atoms with Gasteiger partial charge in [0.2, 0.25) is 0 Å². The van der Waals surface area contributed by atoms with Crippen molar-refractivity contribution < 1.29 is 45.7 Å². The first-order valence-corrected chi connectivity index (χ1v) is 9.56. The predicted octanol–water partition coefficient (Wildman–Crippen LogP) is -2.46. The molecule has 0 fully saturated rings. The minimum absolute atomic E-state index is 0. The van der Waals surface area contributed by atoms with E-state index in [9.17, 15) is 36.6 Å². The third-order valence-electron chi connectivity index (χ3n) is 2.34. The first-order valence-electron chi connectivity index (χ1n) is 6.34. The second-order valence-corrected chi connectivity index (χ2v) is 7.71. The van der Waals surface area contributed by atoms with Crippen LogP contribution < -0.4 is 10.2 Å². The average molecular weight is 426 g/mol. The van der Waals surface area contributed by atoms with Gasteiger partial charge in [-0.2, -0.15) is 16.8 Å². The van der Waals surface area contributed by atoms with Crippen LogP contribution >= 0.6 is 0 Å². The molecule has 10 nitrogen and oxygen atoms in total. The van der Waals surface area contributed by atoms with Crippen molar-refractivity contribution in [3.63, 3.8) is 0 Å². The van der Waals surface area contributed by atoms with Crippen LogP contribution in [0.2, 0.25) is 0 Å². The van der Waals surface area contributed by atoms with Crippen molar-refractivity contribution in [1.82, 2.24) is 0 Å². The molecule has 0 saturated carbocycles. The third-order valence-corrected chi connectivity index (χ3v) is 3.95. The Bertz CT molecular complexity index is 619. The van der Waals surface area contributed by atoms with Gasteiger partial charge in [0, 0.05) is 0 Å². The molecule has 0 rings (SSSR count). The molecule has 25 heavy (non-hydrogen) atoms. The van der Waals surface area contributed by atoms with Gasteiger partial charge in [-0.1, -0.05) is 13.2 Å². The molecule has 0 aromatic rings. The molecule has 0 heterocycles. The van der Waals surface area contributed by atoms with E-state index in [4.69, 9.17) is 9.11 Å². The molecule has 2 N–H and O–H groups in total. The van der Waals surface area contributed by atoms with Crippen LogP contribution in [0, 0.1) is 0 Å². The molecule has 0 atom stereocenters. The number of rotatable bonds is 10. The molecular formula is C12H18CaO10S2. The quantitative estimate of drug-likeness (QED) is 0.215. The Morgan fingerprint density at radius 3 is 1.16 bits per heavy atom. The first kappa shape index (κ1) is 29.3. The smallest absolute Gasteiger partial charge is 0.545 e. The van der Waals surface area contributed by atoms with E-state index in [0.717, 1.165) is 0 Å². The zero-order chi connectivity index (χ0) is 19.6. The summed E-state index contributed by atoms with van der Waals surface area (Å²) in [4.78, 5) is 20.1. The summed E-state index contributed by atoms with van der Waals surface area (Å²) >= 11 is 0. The number of carboxylic acids is 2. The van der Waals surface area contributed by atoms with Crippen molar-refractivity contribution in [2.24, 2.45) is 0 Å². The van der Waals surface area contributed by atoms with Crippen molar-refractivity contribution in [3.05, 3.63) is 24.3 Å². The van der Waals surface area contributed by atoms with E-state index < -0.39 is 43.7 Å². The topological polar surface area (TPSA) is 189 Å². The van der Waals surface area contributed by atoms with E-state index in [1.807, 2.05) is 0 Å². The third kappa shape index (κ3) is 23.5. The molecule has 0 unspecified atom stereocenters. The second kappa shape index (κ2) is 13.7. The zero-order valence-electron chi connectivity index (χ0n) is 13.3. The molecule has 140 valence electrons. The zero-order valence-corrected chi connectivity index (χ0v) is 17.2. The molecule has 0 aliphatic rings. The fraction of sp³-hybridized carbons (Fsp3) is 0.500. The largest absolute Gasteiger partial charge is 2.00 e. The maximum atomic E-state index is 10.1. The first-order chi connectivity index (χ1) is 10.7. The van der Waals surface area contributed by atoms with Crippen molar-refractivity contribution in [2.75, 3.05) is 11.5 Å². The number of carboxylic acid groups (broad SMARTS) is 2. The summed E-state index contributed by atoms with van der Waals surface area (Å²) in [6.45, 7) is 6.27. The molecule has 13 heteroatoms. The van der Waals surface area contributed by atoms with E-state index >= 15 is 0 Å². The van der Waals surface area contributed by atoms with Gasteiger partial charge in [-0.25, -0.2) is 0 Å². The predicted molar refractivity (Wildman–Crippen MR) is 85.3 cm³/mol. The van der Waals surface area contributed by atoms with E-state index in [0.29, 0.717) is 0 Å². The van der Waals surface area contributed by atoms with Gasteiger partial charge >= 0.3 is 37.7 Å². The van der Waals surface area contributed by atoms with Gasteiger partial charge in [0.25, 0.3) is 20.2 Å². The molecule has 0 spiro atoms. The van der Waals surface area contributed by atoms with Crippen molar-refractivity contribution in [1.29, 1.82) is 0 Å². The van der Waals surface area contributed by atoms with E-state index in [-0.39, 0.29) is 74.6 Å². The van der Waals surface area contributed by atoms with Gasteiger partial charge in [-0.15, -0.1) is 0 Å². The molecule has 0 radical (unpaired) electrons. The fourth-order valence-electron chi connectivity index (χ4n) is 1.14. The Balaban J connectivity index is -0.000000372. The minimum Gasteiger partial charge on any atom is -0.545 e. The summed E-state index contributed by atoms with van der Waals surface area (Å²) in [6, 6.07) is 0. The molecule has 0 aliphatic carbocycles. The monoisotopic (exact) mass is 426 g/mol. The summed E-state index contributed by atoms with van der Waals surface area (Å²) in [5.74, 6) is -3.71. The fourth-order valence-corrected chi connectivity index (χ4v) is 2.16. The molecule has 0 saturated heterocycles. The van der Waals surface area contributed by atoms with Crippen LogP contribution in [-0.4, -0.2) is 87.1 Å². The van der Waals surface area contributed by atoms with Crippen molar-refractivity contribution in [2.45, 2.75) is 25.7 Å². The minimum atomic E-state index is -4.00. The van der Waals surface area contributed by atoms with Crippen LogP contribution in [0.15, 0.2) is 24.3 Å². The average Bonchev–Trinajstić information content (AvgIpc) is 2.35. The molecular weight excluding hydrogens is 408 g/mol. The van der Waals surface area contributed by atoms with Gasteiger partial charge < -0.3 is 19.8 Å². The number of carbonyl (C=O) groups is 2. The van der Waals surface area contributed by atoms with Gasteiger partial charge in [-0.05, 0) is 36.8 Å². The molecule has 0 bridgehead atoms. The number of aliphatic carboxylic acids is 2. The van der Waals surface area contributed by atoms with Gasteiger partial charge in [0.15, 0.2) is 0 Å². The molecule has 0 aromatic heterocycles. The molecule has 0 aromatic carbocycles. The number of carbonyl (C=O) groups excluding carboxylic acids is 2. The van der Waals surface area contributed by atoms with E-state index in [1.54, 1.807) is 0 Å². The summed E-state index contributed by atoms with van der Waals surface area (Å²) in [7, 11) is -8.00. The van der Waals surface area contributed by atoms with Gasteiger partial charge in [0.05, 0.1) is 23.4 Å². The standard InChI is InChI=1S/2C6H10O5S.Ca/c2*1-5(6(7)8)3-2-4-12(9,10)11;/h2*1-4H2,(H,7,8)(H,9,10,11);/q;;+2/p-2. The summed E-state index contributed by atoms with van der Waals surface area (Å²) in [5.41, 5.74) is -0.336. The van der Waals surface area contributed by atoms with E-state index in [2.05, 4.69) is 13.2 Å². The molecule has 0 amide bonds. The van der Waals surface area contributed by atoms with Crippen molar-refractivity contribution >= 4 is 69.9 Å². The Morgan fingerprint density at radius 1 is 0.760 bits per heavy atom. The normalized spacial score (nSPS) is 10.6. The molecule has 0 aliphatic heterocycles. The van der Waals surface area contributed by atoms with Crippen molar-refractivity contribution in [3.8, 4) is 0 Å². The van der Waals surface area contributed by atoms with Crippen LogP contribution in [0.3, 0.4) is 0 Å². The number of hydrogen-bond acceptors (Lipinski definition) is 8.